The molecule has 90 valence electrons. The van der Waals surface area contributed by atoms with Crippen LogP contribution < -0.4 is 5.32 Å². The first-order valence-corrected chi connectivity index (χ1v) is 6.05. The van der Waals surface area contributed by atoms with Gasteiger partial charge >= 0.3 is 0 Å². The van der Waals surface area contributed by atoms with E-state index < -0.39 is 0 Å². The Kier molecular flexibility index (Phi) is 9.59. The second-order valence-corrected chi connectivity index (χ2v) is 4.15. The molecule has 2 atom stereocenters. The third-order valence-electron chi connectivity index (χ3n) is 2.52. The summed E-state index contributed by atoms with van der Waals surface area (Å²) in [5, 5.41) is 3.22. The summed E-state index contributed by atoms with van der Waals surface area (Å²) in [6.07, 6.45) is 7.50. The maximum absolute atomic E-state index is 10.1. The van der Waals surface area contributed by atoms with Gasteiger partial charge < -0.3 is 4.74 Å². The summed E-state index contributed by atoms with van der Waals surface area (Å²) in [6.45, 7) is 6.70. The first kappa shape index (κ1) is 14.4. The van der Waals surface area contributed by atoms with Gasteiger partial charge in [-0.15, -0.1) is 0 Å². The summed E-state index contributed by atoms with van der Waals surface area (Å²) < 4.78 is 4.77. The molecule has 0 amide bonds. The minimum Gasteiger partial charge on any atom is -0.449 e. The van der Waals surface area contributed by atoms with E-state index in [0.29, 0.717) is 12.5 Å². The zero-order valence-electron chi connectivity index (χ0n) is 10.3. The minimum absolute atomic E-state index is 0.173. The number of nitrogens with one attached hydrogen (secondary N) is 1. The molecule has 3 nitrogen and oxygen atoms in total. The monoisotopic (exact) mass is 215 g/mol. The van der Waals surface area contributed by atoms with E-state index in [1.54, 1.807) is 0 Å². The quantitative estimate of drug-likeness (QED) is 0.346. The molecule has 0 spiro atoms. The molecule has 0 saturated carbocycles. The Bertz CT molecular complexity index is 151. The molecule has 0 aromatic heterocycles. The Balaban J connectivity index is 3.32. The molecule has 0 aliphatic heterocycles. The van der Waals surface area contributed by atoms with Crippen LogP contribution in [0.2, 0.25) is 0 Å². The number of unbranched alkanes of at least 4 members (excludes halogenated alkanes) is 4. The molecule has 0 radical (unpaired) electrons. The van der Waals surface area contributed by atoms with E-state index in [9.17, 15) is 4.79 Å². The van der Waals surface area contributed by atoms with Crippen LogP contribution in [0.1, 0.15) is 59.3 Å². The molecule has 3 heteroatoms. The molecule has 0 rings (SSSR count). The van der Waals surface area contributed by atoms with Crippen molar-refractivity contribution in [3.8, 4) is 0 Å². The van der Waals surface area contributed by atoms with Crippen molar-refractivity contribution in [3.05, 3.63) is 0 Å². The van der Waals surface area contributed by atoms with E-state index in [1.807, 2.05) is 6.92 Å². The van der Waals surface area contributed by atoms with Crippen molar-refractivity contribution >= 4 is 6.47 Å². The molecular formula is C12H25NO2. The van der Waals surface area contributed by atoms with Gasteiger partial charge in [0, 0.05) is 6.04 Å². The number of rotatable bonds is 10. The van der Waals surface area contributed by atoms with Gasteiger partial charge in [0.2, 0.25) is 0 Å². The maximum Gasteiger partial charge on any atom is 0.294 e. The zero-order chi connectivity index (χ0) is 11.5. The highest BCUT2D eigenvalue weighted by Crippen LogP contribution is 2.07. The Morgan fingerprint density at radius 2 is 1.87 bits per heavy atom. The minimum atomic E-state index is -0.173. The van der Waals surface area contributed by atoms with E-state index in [0.717, 1.165) is 6.42 Å². The van der Waals surface area contributed by atoms with Crippen LogP contribution in [0.15, 0.2) is 0 Å². The number of hydrogen-bond acceptors (Lipinski definition) is 3. The zero-order valence-corrected chi connectivity index (χ0v) is 10.3. The Hall–Kier alpha value is -0.570. The Morgan fingerprint density at radius 1 is 1.20 bits per heavy atom. The Morgan fingerprint density at radius 3 is 2.47 bits per heavy atom. The van der Waals surface area contributed by atoms with E-state index in [-0.39, 0.29) is 6.23 Å². The average Bonchev–Trinajstić information content (AvgIpc) is 2.17. The Labute approximate surface area is 93.6 Å². The van der Waals surface area contributed by atoms with Gasteiger partial charge in [0.15, 0.2) is 0 Å². The topological polar surface area (TPSA) is 38.3 Å². The van der Waals surface area contributed by atoms with Crippen molar-refractivity contribution < 1.29 is 9.53 Å². The van der Waals surface area contributed by atoms with Crippen LogP contribution in [-0.2, 0) is 9.53 Å². The second kappa shape index (κ2) is 9.97. The van der Waals surface area contributed by atoms with Gasteiger partial charge in [-0.25, -0.2) is 0 Å². The maximum atomic E-state index is 10.1. The highest BCUT2D eigenvalue weighted by molar-refractivity contribution is 5.37. The second-order valence-electron chi connectivity index (χ2n) is 4.15. The van der Waals surface area contributed by atoms with Gasteiger partial charge in [0.05, 0.1) is 0 Å². The predicted molar refractivity (Wildman–Crippen MR) is 62.6 cm³/mol. The molecule has 15 heavy (non-hydrogen) atoms. The SMILES string of the molecule is CCCCCCCC(C)NC(C)OC=O. The molecule has 0 aromatic rings. The van der Waals surface area contributed by atoms with Gasteiger partial charge in [-0.05, 0) is 20.3 Å². The summed E-state index contributed by atoms with van der Waals surface area (Å²) in [4.78, 5) is 10.1. The number of carbonyl (C=O) groups is 1. The normalized spacial score (nSPS) is 14.6. The van der Waals surface area contributed by atoms with E-state index in [1.165, 1.54) is 32.1 Å². The van der Waals surface area contributed by atoms with Crippen LogP contribution in [0.4, 0.5) is 0 Å². The smallest absolute Gasteiger partial charge is 0.294 e. The fraction of sp³-hybridized carbons (Fsp3) is 0.917. The van der Waals surface area contributed by atoms with Crippen molar-refractivity contribution in [2.75, 3.05) is 0 Å². The van der Waals surface area contributed by atoms with E-state index >= 15 is 0 Å². The highest BCUT2D eigenvalue weighted by atomic mass is 16.5. The lowest BCUT2D eigenvalue weighted by Crippen LogP contribution is -2.36. The third-order valence-corrected chi connectivity index (χ3v) is 2.52. The van der Waals surface area contributed by atoms with Gasteiger partial charge in [-0.3, -0.25) is 10.1 Å². The summed E-state index contributed by atoms with van der Waals surface area (Å²) >= 11 is 0. The van der Waals surface area contributed by atoms with Crippen LogP contribution in [-0.4, -0.2) is 18.7 Å². The number of ether oxygens (including phenoxy) is 1. The molecule has 0 heterocycles. The first-order chi connectivity index (χ1) is 7.20. The lowest BCUT2D eigenvalue weighted by Gasteiger charge is -2.18. The molecule has 2 unspecified atom stereocenters. The van der Waals surface area contributed by atoms with Crippen molar-refractivity contribution in [1.29, 1.82) is 0 Å². The van der Waals surface area contributed by atoms with Crippen molar-refractivity contribution in [2.45, 2.75) is 71.6 Å². The van der Waals surface area contributed by atoms with Crippen LogP contribution in [0, 0.1) is 0 Å². The van der Waals surface area contributed by atoms with Gasteiger partial charge in [0.25, 0.3) is 6.47 Å². The lowest BCUT2D eigenvalue weighted by atomic mass is 10.1. The molecular weight excluding hydrogens is 190 g/mol. The van der Waals surface area contributed by atoms with Crippen molar-refractivity contribution in [1.82, 2.24) is 5.32 Å². The van der Waals surface area contributed by atoms with Gasteiger partial charge in [-0.2, -0.15) is 0 Å². The van der Waals surface area contributed by atoms with Gasteiger partial charge in [0.1, 0.15) is 6.23 Å². The molecule has 0 aliphatic rings. The first-order valence-electron chi connectivity index (χ1n) is 6.05. The van der Waals surface area contributed by atoms with Crippen molar-refractivity contribution in [2.24, 2.45) is 0 Å². The standard InChI is InChI=1S/C12H25NO2/c1-4-5-6-7-8-9-11(2)13-12(3)15-10-14/h10-13H,4-9H2,1-3H3. The fourth-order valence-corrected chi connectivity index (χ4v) is 1.66. The van der Waals surface area contributed by atoms with E-state index in [4.69, 9.17) is 4.74 Å². The summed E-state index contributed by atoms with van der Waals surface area (Å²) in [6, 6.07) is 0.418. The summed E-state index contributed by atoms with van der Waals surface area (Å²) in [7, 11) is 0. The molecule has 0 bridgehead atoms. The molecule has 1 N–H and O–H groups in total. The number of carbonyl (C=O) groups excluding carboxylic acids is 1. The molecule has 0 saturated heterocycles. The van der Waals surface area contributed by atoms with E-state index in [2.05, 4.69) is 19.2 Å². The highest BCUT2D eigenvalue weighted by Gasteiger charge is 2.06. The fourth-order valence-electron chi connectivity index (χ4n) is 1.66. The van der Waals surface area contributed by atoms with Crippen LogP contribution in [0.3, 0.4) is 0 Å². The van der Waals surface area contributed by atoms with Gasteiger partial charge in [-0.1, -0.05) is 39.0 Å². The lowest BCUT2D eigenvalue weighted by molar-refractivity contribution is -0.134. The molecule has 0 fully saturated rings. The molecule has 0 aromatic carbocycles. The largest absolute Gasteiger partial charge is 0.449 e. The summed E-state index contributed by atoms with van der Waals surface area (Å²) in [5.74, 6) is 0. The average molecular weight is 215 g/mol. The third kappa shape index (κ3) is 9.73. The van der Waals surface area contributed by atoms with Crippen LogP contribution in [0.5, 0.6) is 0 Å². The molecule has 0 aliphatic carbocycles. The number of hydrogen-bond donors (Lipinski definition) is 1. The van der Waals surface area contributed by atoms with Crippen molar-refractivity contribution in [3.63, 3.8) is 0 Å². The van der Waals surface area contributed by atoms with Crippen LogP contribution >= 0.6 is 0 Å². The summed E-state index contributed by atoms with van der Waals surface area (Å²) in [5.41, 5.74) is 0. The van der Waals surface area contributed by atoms with Crippen LogP contribution in [0.25, 0.3) is 0 Å². The predicted octanol–water partition coefficient (Wildman–Crippen LogP) is 2.84.